The van der Waals surface area contributed by atoms with Crippen molar-refractivity contribution in [3.8, 4) is 5.69 Å². The first-order valence-corrected chi connectivity index (χ1v) is 10.3. The lowest BCUT2D eigenvalue weighted by Gasteiger charge is -2.20. The van der Waals surface area contributed by atoms with Gasteiger partial charge in [0.15, 0.2) is 11.5 Å². The van der Waals surface area contributed by atoms with Crippen LogP contribution in [-0.2, 0) is 0 Å². The highest BCUT2D eigenvalue weighted by atomic mass is 35.5. The third kappa shape index (κ3) is 3.45. The number of aromatic amines is 1. The lowest BCUT2D eigenvalue weighted by atomic mass is 10.2. The molecule has 0 amide bonds. The maximum atomic E-state index is 13.9. The van der Waals surface area contributed by atoms with E-state index in [9.17, 15) is 9.18 Å². The Morgan fingerprint density at radius 1 is 1.09 bits per heavy atom. The van der Waals surface area contributed by atoms with Crippen molar-refractivity contribution in [2.45, 2.75) is 13.0 Å². The number of benzene rings is 2. The molecule has 0 spiro atoms. The van der Waals surface area contributed by atoms with E-state index in [0.29, 0.717) is 39.0 Å². The maximum absolute atomic E-state index is 13.9. The van der Waals surface area contributed by atoms with Crippen LogP contribution in [0.25, 0.3) is 27.8 Å². The zero-order valence-electron chi connectivity index (χ0n) is 16.5. The van der Waals surface area contributed by atoms with Crippen molar-refractivity contribution >= 4 is 51.1 Å². The number of fused-ring (bicyclic) bond motifs is 2. The van der Waals surface area contributed by atoms with Crippen LogP contribution in [0.5, 0.6) is 0 Å². The summed E-state index contributed by atoms with van der Waals surface area (Å²) >= 11 is 12.3. The second-order valence-corrected chi connectivity index (χ2v) is 7.87. The molecule has 2 N–H and O–H groups in total. The highest BCUT2D eigenvalue weighted by Crippen LogP contribution is 2.27. The van der Waals surface area contributed by atoms with Crippen LogP contribution in [0.15, 0.2) is 53.8 Å². The molecule has 11 heteroatoms. The molecular weight excluding hydrogens is 456 g/mol. The summed E-state index contributed by atoms with van der Waals surface area (Å²) in [6, 6.07) is 8.19. The summed E-state index contributed by atoms with van der Waals surface area (Å²) in [5, 5.41) is 4.00. The number of rotatable bonds is 4. The van der Waals surface area contributed by atoms with Crippen molar-refractivity contribution < 1.29 is 4.39 Å². The SMILES string of the molecule is C[C@H](Nc1ncnc2[nH]cnc12)c1nc2ccc(F)cc2c(=O)n1-c1ccc(Cl)c(Cl)c1. The zero-order chi connectivity index (χ0) is 22.4. The second kappa shape index (κ2) is 7.85. The molecule has 0 fully saturated rings. The minimum Gasteiger partial charge on any atom is -0.358 e. The van der Waals surface area contributed by atoms with Crippen LogP contribution in [-0.4, -0.2) is 29.5 Å². The van der Waals surface area contributed by atoms with E-state index >= 15 is 0 Å². The minimum atomic E-state index is -0.530. The molecule has 0 aliphatic rings. The van der Waals surface area contributed by atoms with Gasteiger partial charge in [-0.05, 0) is 43.3 Å². The lowest BCUT2D eigenvalue weighted by molar-refractivity contribution is 0.629. The Bertz CT molecular complexity index is 1550. The van der Waals surface area contributed by atoms with Crippen LogP contribution in [0.4, 0.5) is 10.2 Å². The molecule has 0 saturated heterocycles. The highest BCUT2D eigenvalue weighted by Gasteiger charge is 2.20. The number of aromatic nitrogens is 6. The van der Waals surface area contributed by atoms with Crippen molar-refractivity contribution in [3.05, 3.63) is 81.1 Å². The molecule has 32 heavy (non-hydrogen) atoms. The van der Waals surface area contributed by atoms with Crippen molar-refractivity contribution in [2.24, 2.45) is 0 Å². The quantitative estimate of drug-likeness (QED) is 0.396. The van der Waals surface area contributed by atoms with Gasteiger partial charge in [-0.2, -0.15) is 0 Å². The summed E-state index contributed by atoms with van der Waals surface area (Å²) in [5.74, 6) is 0.311. The van der Waals surface area contributed by atoms with Gasteiger partial charge < -0.3 is 10.3 Å². The first-order chi connectivity index (χ1) is 15.4. The van der Waals surface area contributed by atoms with Gasteiger partial charge in [-0.25, -0.2) is 24.3 Å². The van der Waals surface area contributed by atoms with Gasteiger partial charge in [-0.1, -0.05) is 23.2 Å². The fourth-order valence-corrected chi connectivity index (χ4v) is 3.77. The average Bonchev–Trinajstić information content (AvgIpc) is 3.26. The van der Waals surface area contributed by atoms with Gasteiger partial charge >= 0.3 is 0 Å². The van der Waals surface area contributed by atoms with Gasteiger partial charge in [0.1, 0.15) is 23.5 Å². The van der Waals surface area contributed by atoms with Gasteiger partial charge in [0.25, 0.3) is 5.56 Å². The molecule has 0 aliphatic heterocycles. The van der Waals surface area contributed by atoms with Crippen molar-refractivity contribution in [1.29, 1.82) is 0 Å². The van der Waals surface area contributed by atoms with E-state index in [0.717, 1.165) is 6.07 Å². The van der Waals surface area contributed by atoms with Crippen molar-refractivity contribution in [1.82, 2.24) is 29.5 Å². The van der Waals surface area contributed by atoms with Gasteiger partial charge in [0.2, 0.25) is 0 Å². The Labute approximate surface area is 190 Å². The number of hydrogen-bond acceptors (Lipinski definition) is 6. The third-order valence-electron chi connectivity index (χ3n) is 4.98. The normalized spacial score (nSPS) is 12.4. The van der Waals surface area contributed by atoms with E-state index in [1.807, 2.05) is 6.92 Å². The maximum Gasteiger partial charge on any atom is 0.266 e. The first kappa shape index (κ1) is 20.3. The molecule has 5 aromatic rings. The summed E-state index contributed by atoms with van der Waals surface area (Å²) in [6.45, 7) is 1.83. The van der Waals surface area contributed by atoms with Crippen LogP contribution < -0.4 is 10.9 Å². The number of halogens is 3. The molecule has 1 atom stereocenters. The van der Waals surface area contributed by atoms with Gasteiger partial charge in [0, 0.05) is 0 Å². The lowest BCUT2D eigenvalue weighted by Crippen LogP contribution is -2.27. The van der Waals surface area contributed by atoms with Crippen LogP contribution in [0.3, 0.4) is 0 Å². The van der Waals surface area contributed by atoms with Gasteiger partial charge in [-0.3, -0.25) is 9.36 Å². The molecule has 8 nitrogen and oxygen atoms in total. The summed E-state index contributed by atoms with van der Waals surface area (Å²) in [5.41, 5.74) is 1.48. The Morgan fingerprint density at radius 3 is 2.75 bits per heavy atom. The van der Waals surface area contributed by atoms with Crippen molar-refractivity contribution in [3.63, 3.8) is 0 Å². The molecule has 3 aromatic heterocycles. The van der Waals surface area contributed by atoms with Gasteiger partial charge in [-0.15, -0.1) is 0 Å². The number of imidazole rings is 1. The number of anilines is 1. The van der Waals surface area contributed by atoms with Crippen LogP contribution in [0, 0.1) is 5.82 Å². The molecule has 3 heterocycles. The number of hydrogen-bond donors (Lipinski definition) is 2. The summed E-state index contributed by atoms with van der Waals surface area (Å²) in [6.07, 6.45) is 2.92. The summed E-state index contributed by atoms with van der Waals surface area (Å²) < 4.78 is 15.3. The molecule has 160 valence electrons. The monoisotopic (exact) mass is 469 g/mol. The number of H-pyrrole nitrogens is 1. The fourth-order valence-electron chi connectivity index (χ4n) is 3.48. The van der Waals surface area contributed by atoms with E-state index < -0.39 is 17.4 Å². The second-order valence-electron chi connectivity index (χ2n) is 7.06. The highest BCUT2D eigenvalue weighted by molar-refractivity contribution is 6.42. The molecule has 0 unspecified atom stereocenters. The van der Waals surface area contributed by atoms with E-state index in [-0.39, 0.29) is 10.4 Å². The number of nitrogens with one attached hydrogen (secondary N) is 2. The number of nitrogens with zero attached hydrogens (tertiary/aromatic N) is 5. The minimum absolute atomic E-state index is 0.142. The predicted molar refractivity (Wildman–Crippen MR) is 121 cm³/mol. The third-order valence-corrected chi connectivity index (χ3v) is 5.71. The largest absolute Gasteiger partial charge is 0.358 e. The molecular formula is C21H14Cl2FN7O. The van der Waals surface area contributed by atoms with Crippen LogP contribution in [0.2, 0.25) is 10.0 Å². The molecule has 0 aliphatic carbocycles. The molecule has 0 radical (unpaired) electrons. The fraction of sp³-hybridized carbons (Fsp3) is 0.0952. The Kier molecular flexibility index (Phi) is 4.99. The molecule has 0 saturated carbocycles. The van der Waals surface area contributed by atoms with E-state index in [1.165, 1.54) is 29.4 Å². The Morgan fingerprint density at radius 2 is 1.94 bits per heavy atom. The summed E-state index contributed by atoms with van der Waals surface area (Å²) in [7, 11) is 0. The molecule has 2 aromatic carbocycles. The van der Waals surface area contributed by atoms with E-state index in [1.54, 1.807) is 18.2 Å². The molecule has 0 bridgehead atoms. The van der Waals surface area contributed by atoms with Crippen LogP contribution in [0.1, 0.15) is 18.8 Å². The standard InChI is InChI=1S/C21H14Cl2FN7O/c1-10(29-19-17-18(26-8-25-17)27-9-28-19)20-30-16-5-2-11(24)6-13(16)21(32)31(20)12-3-4-14(22)15(23)7-12/h2-10H,1H3,(H2,25,26,27,28,29)/t10-/m0/s1. The Hall–Kier alpha value is -3.56. The topological polar surface area (TPSA) is 101 Å². The Balaban J connectivity index is 1.71. The van der Waals surface area contributed by atoms with Crippen LogP contribution >= 0.6 is 23.2 Å². The predicted octanol–water partition coefficient (Wildman–Crippen LogP) is 4.67. The van der Waals surface area contributed by atoms with Gasteiger partial charge in [0.05, 0.1) is 39.0 Å². The zero-order valence-corrected chi connectivity index (χ0v) is 18.0. The first-order valence-electron chi connectivity index (χ1n) is 9.50. The van der Waals surface area contributed by atoms with Crippen molar-refractivity contribution in [2.75, 3.05) is 5.32 Å². The van der Waals surface area contributed by atoms with E-state index in [4.69, 9.17) is 23.2 Å². The average molecular weight is 470 g/mol. The van der Waals surface area contributed by atoms with E-state index in [2.05, 4.69) is 30.2 Å². The molecule has 5 rings (SSSR count). The summed E-state index contributed by atoms with van der Waals surface area (Å²) in [4.78, 5) is 33.6. The smallest absolute Gasteiger partial charge is 0.266 e.